The molecule has 0 radical (unpaired) electrons. The fourth-order valence-corrected chi connectivity index (χ4v) is 1.65. The Hall–Kier alpha value is -1.84. The minimum atomic E-state index is -0.221. The molecule has 4 heteroatoms. The maximum absolute atomic E-state index is 11.9. The van der Waals surface area contributed by atoms with Gasteiger partial charge in [-0.05, 0) is 51.0 Å². The first-order valence-electron chi connectivity index (χ1n) is 6.60. The Morgan fingerprint density at radius 2 is 1.63 bits per heavy atom. The highest BCUT2D eigenvalue weighted by molar-refractivity contribution is 5.95. The van der Waals surface area contributed by atoms with Crippen molar-refractivity contribution in [2.75, 3.05) is 5.32 Å². The molecule has 2 N–H and O–H groups in total. The van der Waals surface area contributed by atoms with E-state index in [4.69, 9.17) is 0 Å². The predicted octanol–water partition coefficient (Wildman–Crippen LogP) is 3.59. The van der Waals surface area contributed by atoms with Gasteiger partial charge in [0, 0.05) is 16.8 Å². The van der Waals surface area contributed by atoms with Crippen LogP contribution in [0, 0.1) is 0 Å². The Kier molecular flexibility index (Phi) is 5.10. The Labute approximate surface area is 114 Å². The first kappa shape index (κ1) is 15.2. The fraction of sp³-hybridized carbons (Fsp3) is 0.467. The van der Waals surface area contributed by atoms with E-state index in [2.05, 4.69) is 10.6 Å². The van der Waals surface area contributed by atoms with Crippen molar-refractivity contribution in [1.82, 2.24) is 5.32 Å². The molecule has 0 aromatic heterocycles. The molecule has 4 nitrogen and oxygen atoms in total. The van der Waals surface area contributed by atoms with Crippen molar-refractivity contribution in [3.63, 3.8) is 0 Å². The maximum Gasteiger partial charge on any atom is 0.319 e. The van der Waals surface area contributed by atoms with E-state index < -0.39 is 0 Å². The molecule has 0 atom stereocenters. The molecule has 0 aliphatic heterocycles. The van der Waals surface area contributed by atoms with E-state index in [1.54, 1.807) is 24.3 Å². The molecule has 0 unspecified atom stereocenters. The summed E-state index contributed by atoms with van der Waals surface area (Å²) in [5.41, 5.74) is 1.12. The summed E-state index contributed by atoms with van der Waals surface area (Å²) in [5, 5.41) is 5.73. The van der Waals surface area contributed by atoms with Crippen molar-refractivity contribution in [2.24, 2.45) is 0 Å². The fourth-order valence-electron chi connectivity index (χ4n) is 1.65. The van der Waals surface area contributed by atoms with Crippen molar-refractivity contribution in [1.29, 1.82) is 0 Å². The quantitative estimate of drug-likeness (QED) is 0.797. The van der Waals surface area contributed by atoms with Gasteiger partial charge >= 0.3 is 6.03 Å². The number of nitrogens with one attached hydrogen (secondary N) is 2. The Morgan fingerprint density at radius 1 is 1.11 bits per heavy atom. The number of benzene rings is 1. The summed E-state index contributed by atoms with van der Waals surface area (Å²) in [6.45, 7) is 7.63. The van der Waals surface area contributed by atoms with E-state index >= 15 is 0 Å². The Balaban J connectivity index is 2.64. The van der Waals surface area contributed by atoms with E-state index in [0.29, 0.717) is 11.3 Å². The number of carbonyl (C=O) groups excluding carboxylic acids is 2. The van der Waals surface area contributed by atoms with E-state index in [1.807, 2.05) is 20.8 Å². The van der Waals surface area contributed by atoms with Gasteiger partial charge in [0.15, 0.2) is 5.78 Å². The van der Waals surface area contributed by atoms with Crippen LogP contribution in [0.1, 0.15) is 50.9 Å². The number of hydrogen-bond acceptors (Lipinski definition) is 2. The first-order chi connectivity index (χ1) is 8.90. The second kappa shape index (κ2) is 6.36. The van der Waals surface area contributed by atoms with Gasteiger partial charge in [0.25, 0.3) is 0 Å². The molecule has 1 rings (SSSR count). The Morgan fingerprint density at radius 3 is 2.05 bits per heavy atom. The topological polar surface area (TPSA) is 58.2 Å². The SMILES string of the molecule is CCC(C)(CC)NC(=O)Nc1ccc(C(C)=O)cc1. The summed E-state index contributed by atoms with van der Waals surface area (Å²) in [5.74, 6) is 0.0144. The second-order valence-electron chi connectivity index (χ2n) is 4.98. The van der Waals surface area contributed by atoms with Crippen LogP contribution in [0.15, 0.2) is 24.3 Å². The highest BCUT2D eigenvalue weighted by Gasteiger charge is 2.21. The van der Waals surface area contributed by atoms with Gasteiger partial charge in [-0.2, -0.15) is 0 Å². The van der Waals surface area contributed by atoms with Gasteiger partial charge in [0.1, 0.15) is 0 Å². The molecule has 0 spiro atoms. The zero-order chi connectivity index (χ0) is 14.5. The summed E-state index contributed by atoms with van der Waals surface area (Å²) in [6, 6.07) is 6.65. The van der Waals surface area contributed by atoms with Crippen LogP contribution >= 0.6 is 0 Å². The first-order valence-corrected chi connectivity index (χ1v) is 6.60. The number of urea groups is 1. The molecule has 19 heavy (non-hydrogen) atoms. The zero-order valence-corrected chi connectivity index (χ0v) is 12.0. The Bertz CT molecular complexity index is 448. The molecule has 0 bridgehead atoms. The third-order valence-corrected chi connectivity index (χ3v) is 3.53. The van der Waals surface area contributed by atoms with Crippen LogP contribution in [0.4, 0.5) is 10.5 Å². The smallest absolute Gasteiger partial charge is 0.319 e. The van der Waals surface area contributed by atoms with E-state index in [-0.39, 0.29) is 17.4 Å². The summed E-state index contributed by atoms with van der Waals surface area (Å²) in [4.78, 5) is 23.0. The van der Waals surface area contributed by atoms with Crippen LogP contribution in [0.3, 0.4) is 0 Å². The predicted molar refractivity (Wildman–Crippen MR) is 77.6 cm³/mol. The molecular formula is C15H22N2O2. The lowest BCUT2D eigenvalue weighted by molar-refractivity contribution is 0.101. The minimum absolute atomic E-state index is 0.0144. The van der Waals surface area contributed by atoms with E-state index in [9.17, 15) is 9.59 Å². The van der Waals surface area contributed by atoms with Crippen LogP contribution in [0.25, 0.3) is 0 Å². The standard InChI is InChI=1S/C15H22N2O2/c1-5-15(4,6-2)17-14(19)16-13-9-7-12(8-10-13)11(3)18/h7-10H,5-6H2,1-4H3,(H2,16,17,19). The van der Waals surface area contributed by atoms with Gasteiger partial charge in [0.2, 0.25) is 0 Å². The summed E-state index contributed by atoms with van der Waals surface area (Å²) in [7, 11) is 0. The number of anilines is 1. The van der Waals surface area contributed by atoms with Crippen LogP contribution in [0.2, 0.25) is 0 Å². The van der Waals surface area contributed by atoms with Crippen molar-refractivity contribution in [3.05, 3.63) is 29.8 Å². The molecule has 104 valence electrons. The van der Waals surface area contributed by atoms with Gasteiger partial charge in [0.05, 0.1) is 0 Å². The van der Waals surface area contributed by atoms with Crippen molar-refractivity contribution in [2.45, 2.75) is 46.1 Å². The van der Waals surface area contributed by atoms with Crippen molar-refractivity contribution >= 4 is 17.5 Å². The molecule has 0 fully saturated rings. The van der Waals surface area contributed by atoms with Crippen LogP contribution in [0.5, 0.6) is 0 Å². The average Bonchev–Trinajstić information content (AvgIpc) is 2.39. The van der Waals surface area contributed by atoms with Crippen molar-refractivity contribution in [3.8, 4) is 0 Å². The largest absolute Gasteiger partial charge is 0.333 e. The van der Waals surface area contributed by atoms with E-state index in [1.165, 1.54) is 6.92 Å². The maximum atomic E-state index is 11.9. The average molecular weight is 262 g/mol. The van der Waals surface area contributed by atoms with Gasteiger partial charge < -0.3 is 10.6 Å². The zero-order valence-electron chi connectivity index (χ0n) is 12.0. The van der Waals surface area contributed by atoms with Crippen LogP contribution in [-0.2, 0) is 0 Å². The molecule has 0 aliphatic carbocycles. The summed E-state index contributed by atoms with van der Waals surface area (Å²) < 4.78 is 0. The van der Waals surface area contributed by atoms with Crippen LogP contribution in [-0.4, -0.2) is 17.4 Å². The number of carbonyl (C=O) groups is 2. The third kappa shape index (κ3) is 4.39. The van der Waals surface area contributed by atoms with Gasteiger partial charge in [-0.25, -0.2) is 4.79 Å². The normalized spacial score (nSPS) is 10.9. The van der Waals surface area contributed by atoms with Crippen molar-refractivity contribution < 1.29 is 9.59 Å². The molecule has 2 amide bonds. The second-order valence-corrected chi connectivity index (χ2v) is 4.98. The molecule has 0 saturated heterocycles. The van der Waals surface area contributed by atoms with Gasteiger partial charge in [-0.15, -0.1) is 0 Å². The molecule has 0 saturated carbocycles. The van der Waals surface area contributed by atoms with Gasteiger partial charge in [-0.3, -0.25) is 4.79 Å². The lowest BCUT2D eigenvalue weighted by atomic mass is 9.96. The molecule has 1 aromatic rings. The number of hydrogen-bond donors (Lipinski definition) is 2. The third-order valence-electron chi connectivity index (χ3n) is 3.53. The number of amides is 2. The summed E-state index contributed by atoms with van der Waals surface area (Å²) in [6.07, 6.45) is 1.75. The van der Waals surface area contributed by atoms with Gasteiger partial charge in [-0.1, -0.05) is 13.8 Å². The molecular weight excluding hydrogens is 240 g/mol. The minimum Gasteiger partial charge on any atom is -0.333 e. The molecule has 0 heterocycles. The van der Waals surface area contributed by atoms with Crippen LogP contribution < -0.4 is 10.6 Å². The lowest BCUT2D eigenvalue weighted by Crippen LogP contribution is -2.46. The molecule has 1 aromatic carbocycles. The number of Topliss-reactive ketones (excluding diaryl/α,β-unsaturated/α-hetero) is 1. The highest BCUT2D eigenvalue weighted by atomic mass is 16.2. The lowest BCUT2D eigenvalue weighted by Gasteiger charge is -2.28. The van der Waals surface area contributed by atoms with E-state index in [0.717, 1.165) is 12.8 Å². The summed E-state index contributed by atoms with van der Waals surface area (Å²) >= 11 is 0. The highest BCUT2D eigenvalue weighted by Crippen LogP contribution is 2.15. The number of rotatable bonds is 5. The monoisotopic (exact) mass is 262 g/mol. The molecule has 0 aliphatic rings. The number of ketones is 1.